The van der Waals surface area contributed by atoms with Gasteiger partial charge in [-0.3, -0.25) is 0 Å². The lowest BCUT2D eigenvalue weighted by atomic mass is 10.2. The van der Waals surface area contributed by atoms with E-state index >= 15 is 0 Å². The minimum Gasteiger partial charge on any atom is -0.313 e. The van der Waals surface area contributed by atoms with Crippen LogP contribution in [0.4, 0.5) is 0 Å². The molecule has 0 saturated carbocycles. The van der Waals surface area contributed by atoms with Crippen molar-refractivity contribution in [2.45, 2.75) is 32.6 Å². The molecule has 0 fully saturated rings. The van der Waals surface area contributed by atoms with Crippen molar-refractivity contribution in [1.82, 2.24) is 5.32 Å². The average molecular weight is 142 g/mol. The molecule has 0 aliphatic rings. The van der Waals surface area contributed by atoms with E-state index in [1.54, 1.807) is 0 Å². The highest BCUT2D eigenvalue weighted by molar-refractivity contribution is 4.68. The molecule has 10 heavy (non-hydrogen) atoms. The van der Waals surface area contributed by atoms with E-state index in [1.165, 1.54) is 25.7 Å². The molecule has 0 amide bonds. The fourth-order valence-corrected chi connectivity index (χ4v) is 0.854. The van der Waals surface area contributed by atoms with Crippen LogP contribution < -0.4 is 5.32 Å². The molecular weight excluding hydrogens is 122 g/mol. The van der Waals surface area contributed by atoms with Gasteiger partial charge in [-0.1, -0.05) is 32.2 Å². The Hall–Kier alpha value is -0.300. The van der Waals surface area contributed by atoms with Gasteiger partial charge in [0.2, 0.25) is 0 Å². The van der Waals surface area contributed by atoms with E-state index in [2.05, 4.69) is 18.8 Å². The SMILES string of the molecule is [2H]C(=C)CNCCCCCC. The fraction of sp³-hybridized carbons (Fsp3) is 0.778. The summed E-state index contributed by atoms with van der Waals surface area (Å²) < 4.78 is 7.04. The highest BCUT2D eigenvalue weighted by atomic mass is 14.8. The second-order valence-electron chi connectivity index (χ2n) is 2.49. The molecular formula is C9H19N. The van der Waals surface area contributed by atoms with E-state index in [9.17, 15) is 0 Å². The van der Waals surface area contributed by atoms with Gasteiger partial charge in [0, 0.05) is 6.54 Å². The predicted molar refractivity (Wildman–Crippen MR) is 47.2 cm³/mol. The summed E-state index contributed by atoms with van der Waals surface area (Å²) >= 11 is 0. The van der Waals surface area contributed by atoms with Gasteiger partial charge in [-0.05, 0) is 13.0 Å². The predicted octanol–water partition coefficient (Wildman–Crippen LogP) is 2.34. The van der Waals surface area contributed by atoms with Crippen molar-refractivity contribution in [1.29, 1.82) is 0 Å². The summed E-state index contributed by atoms with van der Waals surface area (Å²) in [5.74, 6) is 0. The largest absolute Gasteiger partial charge is 0.313 e. The van der Waals surface area contributed by atoms with Crippen molar-refractivity contribution in [3.8, 4) is 0 Å². The Balaban J connectivity index is 2.85. The van der Waals surface area contributed by atoms with Gasteiger partial charge in [0.15, 0.2) is 0 Å². The maximum absolute atomic E-state index is 7.04. The zero-order valence-electron chi connectivity index (χ0n) is 7.95. The van der Waals surface area contributed by atoms with Crippen LogP contribution in [0.15, 0.2) is 12.6 Å². The Morgan fingerprint density at radius 2 is 2.30 bits per heavy atom. The van der Waals surface area contributed by atoms with Gasteiger partial charge in [-0.2, -0.15) is 0 Å². The molecule has 0 bridgehead atoms. The normalized spacial score (nSPS) is 11.1. The molecule has 0 atom stereocenters. The van der Waals surface area contributed by atoms with E-state index in [0.29, 0.717) is 12.6 Å². The second-order valence-corrected chi connectivity index (χ2v) is 2.49. The third-order valence-corrected chi connectivity index (χ3v) is 1.46. The van der Waals surface area contributed by atoms with E-state index in [0.717, 1.165) is 6.54 Å². The van der Waals surface area contributed by atoms with Crippen LogP contribution in [0.5, 0.6) is 0 Å². The molecule has 0 radical (unpaired) electrons. The molecule has 1 nitrogen and oxygen atoms in total. The van der Waals surface area contributed by atoms with Gasteiger partial charge in [-0.25, -0.2) is 0 Å². The second kappa shape index (κ2) is 8.70. The fourth-order valence-electron chi connectivity index (χ4n) is 0.854. The van der Waals surface area contributed by atoms with Crippen LogP contribution in [0.3, 0.4) is 0 Å². The van der Waals surface area contributed by atoms with Gasteiger partial charge in [-0.15, -0.1) is 6.58 Å². The highest BCUT2D eigenvalue weighted by Crippen LogP contribution is 1.96. The summed E-state index contributed by atoms with van der Waals surface area (Å²) in [5, 5.41) is 3.16. The van der Waals surface area contributed by atoms with E-state index in [1.807, 2.05) is 0 Å². The summed E-state index contributed by atoms with van der Waals surface area (Å²) in [6.07, 6.45) is 5.13. The van der Waals surface area contributed by atoms with Gasteiger partial charge < -0.3 is 5.32 Å². The first-order valence-electron chi connectivity index (χ1n) is 4.62. The zero-order chi connectivity index (χ0) is 8.53. The average Bonchev–Trinajstić information content (AvgIpc) is 1.96. The molecule has 1 heteroatoms. The topological polar surface area (TPSA) is 12.0 Å². The first-order chi connectivity index (χ1) is 5.27. The van der Waals surface area contributed by atoms with Crippen molar-refractivity contribution in [2.24, 2.45) is 0 Å². The Kier molecular flexibility index (Phi) is 6.79. The molecule has 0 saturated heterocycles. The molecule has 60 valence electrons. The lowest BCUT2D eigenvalue weighted by Gasteiger charge is -1.99. The zero-order valence-corrected chi connectivity index (χ0v) is 6.95. The van der Waals surface area contributed by atoms with Crippen LogP contribution in [-0.4, -0.2) is 13.1 Å². The summed E-state index contributed by atoms with van der Waals surface area (Å²) in [7, 11) is 0. The Bertz CT molecular complexity index is 102. The van der Waals surface area contributed by atoms with Gasteiger partial charge in [0.05, 0.1) is 1.37 Å². The number of unbranched alkanes of at least 4 members (excludes halogenated alkanes) is 3. The van der Waals surface area contributed by atoms with Crippen molar-refractivity contribution in [2.75, 3.05) is 13.1 Å². The third-order valence-electron chi connectivity index (χ3n) is 1.46. The Labute approximate surface area is 65.9 Å². The monoisotopic (exact) mass is 142 g/mol. The number of hydrogen-bond acceptors (Lipinski definition) is 1. The highest BCUT2D eigenvalue weighted by Gasteiger charge is 1.85. The van der Waals surface area contributed by atoms with E-state index < -0.39 is 0 Å². The minimum absolute atomic E-state index is 0.473. The number of rotatable bonds is 7. The molecule has 0 aromatic heterocycles. The molecule has 0 heterocycles. The first kappa shape index (κ1) is 7.80. The standard InChI is InChI=1S/C9H19N/c1-3-5-6-7-9-10-8-4-2/h4,10H,2-3,5-9H2,1H3/i4D. The van der Waals surface area contributed by atoms with Crippen LogP contribution in [0.25, 0.3) is 0 Å². The van der Waals surface area contributed by atoms with Crippen molar-refractivity contribution >= 4 is 0 Å². The minimum atomic E-state index is 0.473. The molecule has 1 N–H and O–H groups in total. The molecule has 0 rings (SSSR count). The number of nitrogens with one attached hydrogen (secondary N) is 1. The number of hydrogen-bond donors (Lipinski definition) is 1. The first-order valence-corrected chi connectivity index (χ1v) is 4.12. The summed E-state index contributed by atoms with van der Waals surface area (Å²) in [5.41, 5.74) is 0. The van der Waals surface area contributed by atoms with Crippen molar-refractivity contribution in [3.63, 3.8) is 0 Å². The molecule has 0 aromatic rings. The lowest BCUT2D eigenvalue weighted by molar-refractivity contribution is 0.620. The lowest BCUT2D eigenvalue weighted by Crippen LogP contribution is -2.14. The summed E-state index contributed by atoms with van der Waals surface area (Å²) in [4.78, 5) is 0. The Morgan fingerprint density at radius 3 is 2.90 bits per heavy atom. The van der Waals surface area contributed by atoms with E-state index in [-0.39, 0.29) is 0 Å². The third kappa shape index (κ3) is 7.70. The van der Waals surface area contributed by atoms with Crippen LogP contribution in [0.2, 0.25) is 0 Å². The van der Waals surface area contributed by atoms with Crippen LogP contribution in [0.1, 0.15) is 34.0 Å². The quantitative estimate of drug-likeness (QED) is 0.425. The molecule has 0 unspecified atom stereocenters. The smallest absolute Gasteiger partial charge is 0.0583 e. The molecule has 0 aliphatic carbocycles. The van der Waals surface area contributed by atoms with Crippen LogP contribution in [-0.2, 0) is 0 Å². The van der Waals surface area contributed by atoms with Crippen molar-refractivity contribution in [3.05, 3.63) is 12.6 Å². The van der Waals surface area contributed by atoms with Crippen LogP contribution in [0, 0.1) is 0 Å². The summed E-state index contributed by atoms with van der Waals surface area (Å²) in [6, 6.07) is 0.473. The Morgan fingerprint density at radius 1 is 1.50 bits per heavy atom. The molecule has 0 aromatic carbocycles. The molecule has 0 aliphatic heterocycles. The van der Waals surface area contributed by atoms with Gasteiger partial charge in [0.1, 0.15) is 0 Å². The van der Waals surface area contributed by atoms with Gasteiger partial charge in [0.25, 0.3) is 0 Å². The summed E-state index contributed by atoms with van der Waals surface area (Å²) in [6.45, 7) is 7.37. The molecule has 0 spiro atoms. The van der Waals surface area contributed by atoms with Crippen molar-refractivity contribution < 1.29 is 1.37 Å². The maximum atomic E-state index is 7.04. The van der Waals surface area contributed by atoms with Gasteiger partial charge >= 0.3 is 0 Å². The maximum Gasteiger partial charge on any atom is 0.0583 e. The van der Waals surface area contributed by atoms with Crippen LogP contribution >= 0.6 is 0 Å². The van der Waals surface area contributed by atoms with E-state index in [4.69, 9.17) is 1.37 Å².